The predicted octanol–water partition coefficient (Wildman–Crippen LogP) is 3.51. The van der Waals surface area contributed by atoms with E-state index >= 15 is 0 Å². The molecular formula is C22H24N2O5. The van der Waals surface area contributed by atoms with Crippen molar-refractivity contribution in [3.8, 4) is 0 Å². The van der Waals surface area contributed by atoms with Crippen molar-refractivity contribution in [2.24, 2.45) is 0 Å². The zero-order valence-corrected chi connectivity index (χ0v) is 16.3. The number of carbonyl (C=O) groups excluding carboxylic acids is 2. The van der Waals surface area contributed by atoms with Gasteiger partial charge in [0.05, 0.1) is 11.9 Å². The lowest BCUT2D eigenvalue weighted by Gasteiger charge is -2.08. The molecule has 0 aliphatic heterocycles. The number of ether oxygens (including phenoxy) is 1. The maximum absolute atomic E-state index is 12.0. The monoisotopic (exact) mass is 396 g/mol. The van der Waals surface area contributed by atoms with Gasteiger partial charge in [0.2, 0.25) is 0 Å². The van der Waals surface area contributed by atoms with E-state index in [-0.39, 0.29) is 19.6 Å². The van der Waals surface area contributed by atoms with Crippen molar-refractivity contribution in [2.45, 2.75) is 39.2 Å². The Morgan fingerprint density at radius 2 is 1.86 bits per heavy atom. The molecule has 0 fully saturated rings. The second kappa shape index (κ2) is 9.73. The topological polar surface area (TPSA) is 90.5 Å². The number of anilines is 1. The first kappa shape index (κ1) is 20.4. The lowest BCUT2D eigenvalue weighted by Crippen LogP contribution is -2.22. The number of fused-ring (bicyclic) bond motifs is 1. The Bertz CT molecular complexity index is 1030. The lowest BCUT2D eigenvalue weighted by atomic mass is 10.1. The standard InChI is InChI=1S/C22H24N2O5/c1-2-3-6-16-9-11-17(12-10-16)23-20(25)15-28-21(26)13-14-24-18-7-4-5-8-19(18)29-22(24)27/h4-5,7-12H,2-3,6,13-15H2,1H3,(H,23,25). The molecule has 0 saturated heterocycles. The third-order valence-corrected chi connectivity index (χ3v) is 4.53. The molecule has 0 aliphatic carbocycles. The Hall–Kier alpha value is -3.35. The van der Waals surface area contributed by atoms with Crippen LogP contribution in [0.15, 0.2) is 57.7 Å². The van der Waals surface area contributed by atoms with E-state index in [2.05, 4.69) is 12.2 Å². The van der Waals surface area contributed by atoms with Crippen molar-refractivity contribution in [1.82, 2.24) is 4.57 Å². The Labute approximate surface area is 168 Å². The molecule has 1 aromatic heterocycles. The summed E-state index contributed by atoms with van der Waals surface area (Å²) in [6.07, 6.45) is 3.23. The van der Waals surface area contributed by atoms with Gasteiger partial charge in [0.25, 0.3) is 5.91 Å². The van der Waals surface area contributed by atoms with Gasteiger partial charge < -0.3 is 14.5 Å². The van der Waals surface area contributed by atoms with E-state index in [9.17, 15) is 14.4 Å². The Morgan fingerprint density at radius 3 is 2.62 bits per heavy atom. The predicted molar refractivity (Wildman–Crippen MR) is 110 cm³/mol. The number of aryl methyl sites for hydroxylation is 2. The minimum absolute atomic E-state index is 0.0388. The second-order valence-electron chi connectivity index (χ2n) is 6.75. The van der Waals surface area contributed by atoms with E-state index in [0.29, 0.717) is 16.8 Å². The highest BCUT2D eigenvalue weighted by Gasteiger charge is 2.12. The molecule has 152 valence electrons. The maximum atomic E-state index is 12.0. The third kappa shape index (κ3) is 5.57. The quantitative estimate of drug-likeness (QED) is 0.559. The molecule has 3 rings (SSSR count). The molecule has 1 amide bonds. The number of rotatable bonds is 9. The normalized spacial score (nSPS) is 10.8. The van der Waals surface area contributed by atoms with Gasteiger partial charge >= 0.3 is 11.7 Å². The van der Waals surface area contributed by atoms with Crippen molar-refractivity contribution < 1.29 is 18.7 Å². The van der Waals surface area contributed by atoms with Gasteiger partial charge in [0.1, 0.15) is 0 Å². The van der Waals surface area contributed by atoms with E-state index in [4.69, 9.17) is 9.15 Å². The number of carbonyl (C=O) groups is 2. The summed E-state index contributed by atoms with van der Waals surface area (Å²) in [7, 11) is 0. The van der Waals surface area contributed by atoms with E-state index in [1.807, 2.05) is 24.3 Å². The zero-order chi connectivity index (χ0) is 20.6. The summed E-state index contributed by atoms with van der Waals surface area (Å²) in [4.78, 5) is 35.8. The van der Waals surface area contributed by atoms with E-state index in [1.165, 1.54) is 10.1 Å². The van der Waals surface area contributed by atoms with Crippen LogP contribution in [0.4, 0.5) is 5.69 Å². The molecule has 29 heavy (non-hydrogen) atoms. The molecule has 0 saturated carbocycles. The minimum Gasteiger partial charge on any atom is -0.456 e. The van der Waals surface area contributed by atoms with Crippen LogP contribution < -0.4 is 11.1 Å². The fraction of sp³-hybridized carbons (Fsp3) is 0.318. The number of aromatic nitrogens is 1. The molecule has 7 heteroatoms. The first-order chi connectivity index (χ1) is 14.1. The van der Waals surface area contributed by atoms with E-state index in [0.717, 1.165) is 19.3 Å². The fourth-order valence-corrected chi connectivity index (χ4v) is 2.98. The van der Waals surface area contributed by atoms with Gasteiger partial charge in [-0.1, -0.05) is 37.6 Å². The van der Waals surface area contributed by atoms with Crippen LogP contribution >= 0.6 is 0 Å². The summed E-state index contributed by atoms with van der Waals surface area (Å²) in [6, 6.07) is 14.6. The van der Waals surface area contributed by atoms with Crippen molar-refractivity contribution in [2.75, 3.05) is 11.9 Å². The summed E-state index contributed by atoms with van der Waals surface area (Å²) in [6.45, 7) is 1.89. The molecule has 0 aliphatic rings. The largest absolute Gasteiger partial charge is 0.456 e. The van der Waals surface area contributed by atoms with Crippen LogP contribution in [0.25, 0.3) is 11.1 Å². The second-order valence-corrected chi connectivity index (χ2v) is 6.75. The van der Waals surface area contributed by atoms with Gasteiger partial charge in [-0.05, 0) is 42.7 Å². The first-order valence-electron chi connectivity index (χ1n) is 9.69. The molecule has 3 aromatic rings. The highest BCUT2D eigenvalue weighted by molar-refractivity contribution is 5.92. The molecule has 0 bridgehead atoms. The molecule has 0 atom stereocenters. The fourth-order valence-electron chi connectivity index (χ4n) is 2.98. The summed E-state index contributed by atoms with van der Waals surface area (Å²) in [5.41, 5.74) is 2.96. The van der Waals surface area contributed by atoms with Gasteiger partial charge in [0.15, 0.2) is 12.2 Å². The number of nitrogens with one attached hydrogen (secondary N) is 1. The average molecular weight is 396 g/mol. The molecule has 0 radical (unpaired) electrons. The summed E-state index contributed by atoms with van der Waals surface area (Å²) < 4.78 is 11.5. The molecule has 2 aromatic carbocycles. The highest BCUT2D eigenvalue weighted by atomic mass is 16.5. The molecule has 1 N–H and O–H groups in total. The lowest BCUT2D eigenvalue weighted by molar-refractivity contribution is -0.147. The van der Waals surface area contributed by atoms with Crippen LogP contribution in [0.1, 0.15) is 31.7 Å². The van der Waals surface area contributed by atoms with Crippen LogP contribution in [-0.2, 0) is 27.3 Å². The summed E-state index contributed by atoms with van der Waals surface area (Å²) >= 11 is 0. The Morgan fingerprint density at radius 1 is 1.10 bits per heavy atom. The highest BCUT2D eigenvalue weighted by Crippen LogP contribution is 2.13. The van der Waals surface area contributed by atoms with Crippen LogP contribution in [0.3, 0.4) is 0 Å². The Balaban J connectivity index is 1.44. The number of hydrogen-bond acceptors (Lipinski definition) is 5. The Kier molecular flexibility index (Phi) is 6.84. The number of para-hydroxylation sites is 2. The van der Waals surface area contributed by atoms with Gasteiger partial charge in [-0.2, -0.15) is 0 Å². The summed E-state index contributed by atoms with van der Waals surface area (Å²) in [5, 5.41) is 2.70. The maximum Gasteiger partial charge on any atom is 0.419 e. The number of unbranched alkanes of at least 4 members (excludes halogenated alkanes) is 1. The molecule has 0 spiro atoms. The van der Waals surface area contributed by atoms with Gasteiger partial charge in [-0.3, -0.25) is 14.2 Å². The minimum atomic E-state index is -0.563. The number of hydrogen-bond donors (Lipinski definition) is 1. The van der Waals surface area contributed by atoms with Crippen molar-refractivity contribution >= 4 is 28.7 Å². The molecule has 0 unspecified atom stereocenters. The number of esters is 1. The number of benzene rings is 2. The zero-order valence-electron chi connectivity index (χ0n) is 16.3. The van der Waals surface area contributed by atoms with E-state index in [1.54, 1.807) is 24.3 Å². The molecule has 7 nitrogen and oxygen atoms in total. The first-order valence-corrected chi connectivity index (χ1v) is 9.69. The van der Waals surface area contributed by atoms with Crippen LogP contribution in [0.5, 0.6) is 0 Å². The molecular weight excluding hydrogens is 372 g/mol. The van der Waals surface area contributed by atoms with Crippen molar-refractivity contribution in [3.63, 3.8) is 0 Å². The smallest absolute Gasteiger partial charge is 0.419 e. The van der Waals surface area contributed by atoms with Crippen LogP contribution in [-0.4, -0.2) is 23.1 Å². The number of oxazole rings is 1. The van der Waals surface area contributed by atoms with Crippen LogP contribution in [0.2, 0.25) is 0 Å². The van der Waals surface area contributed by atoms with Gasteiger partial charge in [-0.15, -0.1) is 0 Å². The summed E-state index contributed by atoms with van der Waals surface area (Å²) in [5.74, 6) is -1.50. The number of nitrogens with zero attached hydrogens (tertiary/aromatic N) is 1. The van der Waals surface area contributed by atoms with Crippen molar-refractivity contribution in [3.05, 3.63) is 64.6 Å². The SMILES string of the molecule is CCCCc1ccc(NC(=O)COC(=O)CCn2c(=O)oc3ccccc32)cc1. The third-order valence-electron chi connectivity index (χ3n) is 4.53. The van der Waals surface area contributed by atoms with Gasteiger partial charge in [-0.25, -0.2) is 4.79 Å². The van der Waals surface area contributed by atoms with Gasteiger partial charge in [0, 0.05) is 12.2 Å². The van der Waals surface area contributed by atoms with Crippen LogP contribution in [0, 0.1) is 0 Å². The van der Waals surface area contributed by atoms with E-state index < -0.39 is 17.6 Å². The van der Waals surface area contributed by atoms with Crippen molar-refractivity contribution in [1.29, 1.82) is 0 Å². The number of amides is 1. The average Bonchev–Trinajstić information content (AvgIpc) is 3.05. The molecule has 1 heterocycles.